The number of likely N-dealkylation sites (tertiary alicyclic amines) is 1. The molecule has 1 saturated carbocycles. The molecule has 1 atom stereocenters. The Morgan fingerprint density at radius 3 is 2.80 bits per heavy atom. The van der Waals surface area contributed by atoms with Crippen molar-refractivity contribution in [2.24, 2.45) is 5.92 Å². The van der Waals surface area contributed by atoms with Gasteiger partial charge in [0.2, 0.25) is 11.8 Å². The molecule has 1 saturated heterocycles. The van der Waals surface area contributed by atoms with E-state index in [1.54, 1.807) is 12.1 Å². The Hall–Kier alpha value is -1.88. The number of rotatable bonds is 4. The summed E-state index contributed by atoms with van der Waals surface area (Å²) in [5.74, 6) is -0.333. The van der Waals surface area contributed by atoms with Crippen LogP contribution < -0.4 is 5.32 Å². The molecule has 1 aromatic rings. The highest BCUT2D eigenvalue weighted by atomic mass is 16.3. The highest BCUT2D eigenvalue weighted by Crippen LogP contribution is 2.33. The average Bonchev–Trinajstić information content (AvgIpc) is 3.22. The molecule has 0 aromatic heterocycles. The summed E-state index contributed by atoms with van der Waals surface area (Å²) in [6.45, 7) is 0.408. The molecule has 2 N–H and O–H groups in total. The first-order chi connectivity index (χ1) is 9.69. The Morgan fingerprint density at radius 1 is 1.35 bits per heavy atom. The van der Waals surface area contributed by atoms with Gasteiger partial charge in [-0.15, -0.1) is 0 Å². The molecule has 5 nitrogen and oxygen atoms in total. The minimum atomic E-state index is -0.283. The summed E-state index contributed by atoms with van der Waals surface area (Å²) in [6, 6.07) is 7.52. The van der Waals surface area contributed by atoms with Gasteiger partial charge in [0, 0.05) is 30.3 Å². The van der Waals surface area contributed by atoms with Crippen molar-refractivity contribution in [3.05, 3.63) is 29.8 Å². The molecule has 2 aliphatic rings. The average molecular weight is 274 g/mol. The fraction of sp³-hybridized carbons (Fsp3) is 0.467. The maximum Gasteiger partial charge on any atom is 0.229 e. The van der Waals surface area contributed by atoms with Crippen molar-refractivity contribution in [3.8, 4) is 0 Å². The fourth-order valence-electron chi connectivity index (χ4n) is 2.66. The van der Waals surface area contributed by atoms with E-state index in [0.29, 0.717) is 30.3 Å². The summed E-state index contributed by atoms with van der Waals surface area (Å²) in [7, 11) is 0. The number of aliphatic hydroxyl groups excluding tert-OH is 1. The number of hydrogen-bond acceptors (Lipinski definition) is 3. The third-order valence-electron chi connectivity index (χ3n) is 3.96. The Balaban J connectivity index is 1.66. The number of amides is 2. The van der Waals surface area contributed by atoms with Crippen LogP contribution in [0.25, 0.3) is 0 Å². The number of anilines is 1. The lowest BCUT2D eigenvalue weighted by molar-refractivity contribution is -0.128. The molecule has 2 fully saturated rings. The third kappa shape index (κ3) is 2.54. The standard InChI is InChI=1S/C15H18N2O3/c18-9-10-3-1-2-4-13(10)16-15(20)11-7-14(19)17(8-11)12-5-6-12/h1-4,11-12,18H,5-9H2,(H,16,20). The van der Waals surface area contributed by atoms with Gasteiger partial charge in [0.25, 0.3) is 0 Å². The molecule has 1 heterocycles. The Morgan fingerprint density at radius 2 is 2.10 bits per heavy atom. The van der Waals surface area contributed by atoms with Crippen LogP contribution in [0.15, 0.2) is 24.3 Å². The van der Waals surface area contributed by atoms with E-state index in [0.717, 1.165) is 12.8 Å². The first kappa shape index (κ1) is 13.1. The number of para-hydroxylation sites is 1. The second-order valence-corrected chi connectivity index (χ2v) is 5.48. The Labute approximate surface area is 117 Å². The molecule has 3 rings (SSSR count). The highest BCUT2D eigenvalue weighted by molar-refractivity contribution is 5.97. The number of carbonyl (C=O) groups excluding carboxylic acids is 2. The monoisotopic (exact) mass is 274 g/mol. The van der Waals surface area contributed by atoms with Gasteiger partial charge in [-0.25, -0.2) is 0 Å². The Bertz CT molecular complexity index is 540. The molecule has 1 aliphatic heterocycles. The predicted molar refractivity (Wildman–Crippen MR) is 73.8 cm³/mol. The molecule has 1 aliphatic carbocycles. The summed E-state index contributed by atoms with van der Waals surface area (Å²) < 4.78 is 0. The number of aliphatic hydroxyl groups is 1. The second kappa shape index (κ2) is 5.25. The molecule has 1 aromatic carbocycles. The zero-order valence-corrected chi connectivity index (χ0v) is 11.2. The normalized spacial score (nSPS) is 22.1. The van der Waals surface area contributed by atoms with Gasteiger partial charge in [-0.1, -0.05) is 18.2 Å². The van der Waals surface area contributed by atoms with Gasteiger partial charge >= 0.3 is 0 Å². The van der Waals surface area contributed by atoms with Crippen LogP contribution in [-0.2, 0) is 16.2 Å². The topological polar surface area (TPSA) is 69.6 Å². The van der Waals surface area contributed by atoms with Crippen molar-refractivity contribution < 1.29 is 14.7 Å². The maximum absolute atomic E-state index is 12.2. The van der Waals surface area contributed by atoms with Crippen LogP contribution in [0.4, 0.5) is 5.69 Å². The fourth-order valence-corrected chi connectivity index (χ4v) is 2.66. The van der Waals surface area contributed by atoms with E-state index in [2.05, 4.69) is 5.32 Å². The van der Waals surface area contributed by atoms with E-state index >= 15 is 0 Å². The zero-order valence-electron chi connectivity index (χ0n) is 11.2. The van der Waals surface area contributed by atoms with Gasteiger partial charge in [0.1, 0.15) is 0 Å². The molecule has 5 heteroatoms. The smallest absolute Gasteiger partial charge is 0.229 e. The largest absolute Gasteiger partial charge is 0.392 e. The van der Waals surface area contributed by atoms with E-state index in [1.807, 2.05) is 17.0 Å². The second-order valence-electron chi connectivity index (χ2n) is 5.48. The molecule has 0 radical (unpaired) electrons. The summed E-state index contributed by atoms with van der Waals surface area (Å²) >= 11 is 0. The summed E-state index contributed by atoms with van der Waals surface area (Å²) in [5.41, 5.74) is 1.31. The maximum atomic E-state index is 12.2. The quantitative estimate of drug-likeness (QED) is 0.864. The first-order valence-electron chi connectivity index (χ1n) is 6.98. The first-order valence-corrected chi connectivity index (χ1v) is 6.98. The molecule has 0 bridgehead atoms. The van der Waals surface area contributed by atoms with E-state index in [-0.39, 0.29) is 24.3 Å². The van der Waals surface area contributed by atoms with Crippen LogP contribution >= 0.6 is 0 Å². The van der Waals surface area contributed by atoms with E-state index in [4.69, 9.17) is 0 Å². The third-order valence-corrected chi connectivity index (χ3v) is 3.96. The van der Waals surface area contributed by atoms with Crippen molar-refractivity contribution in [1.82, 2.24) is 4.90 Å². The van der Waals surface area contributed by atoms with Gasteiger partial charge in [-0.05, 0) is 18.9 Å². The summed E-state index contributed by atoms with van der Waals surface area (Å²) in [4.78, 5) is 25.9. The lowest BCUT2D eigenvalue weighted by Crippen LogP contribution is -2.30. The van der Waals surface area contributed by atoms with Crippen molar-refractivity contribution in [2.75, 3.05) is 11.9 Å². The lowest BCUT2D eigenvalue weighted by atomic mass is 10.1. The molecule has 2 amide bonds. The van der Waals surface area contributed by atoms with Crippen molar-refractivity contribution in [1.29, 1.82) is 0 Å². The van der Waals surface area contributed by atoms with Crippen LogP contribution in [-0.4, -0.2) is 34.4 Å². The van der Waals surface area contributed by atoms with E-state index in [9.17, 15) is 14.7 Å². The van der Waals surface area contributed by atoms with Gasteiger partial charge in [-0.3, -0.25) is 9.59 Å². The molecule has 1 unspecified atom stereocenters. The van der Waals surface area contributed by atoms with Crippen molar-refractivity contribution in [2.45, 2.75) is 31.9 Å². The van der Waals surface area contributed by atoms with Crippen molar-refractivity contribution >= 4 is 17.5 Å². The number of nitrogens with one attached hydrogen (secondary N) is 1. The van der Waals surface area contributed by atoms with Gasteiger partial charge in [0.05, 0.1) is 12.5 Å². The minimum Gasteiger partial charge on any atom is -0.392 e. The number of benzene rings is 1. The minimum absolute atomic E-state index is 0.0862. The zero-order chi connectivity index (χ0) is 14.1. The number of nitrogens with zero attached hydrogens (tertiary/aromatic N) is 1. The number of carbonyl (C=O) groups is 2. The predicted octanol–water partition coefficient (Wildman–Crippen LogP) is 1.13. The van der Waals surface area contributed by atoms with Crippen molar-refractivity contribution in [3.63, 3.8) is 0 Å². The SMILES string of the molecule is O=C(Nc1ccccc1CO)C1CC(=O)N(C2CC2)C1. The van der Waals surface area contributed by atoms with Crippen LogP contribution in [0.1, 0.15) is 24.8 Å². The van der Waals surface area contributed by atoms with Crippen LogP contribution in [0, 0.1) is 5.92 Å². The highest BCUT2D eigenvalue weighted by Gasteiger charge is 2.41. The van der Waals surface area contributed by atoms with Crippen LogP contribution in [0.2, 0.25) is 0 Å². The molecule has 20 heavy (non-hydrogen) atoms. The summed E-state index contributed by atoms with van der Waals surface area (Å²) in [6.07, 6.45) is 2.42. The molecular formula is C15H18N2O3. The number of hydrogen-bond donors (Lipinski definition) is 2. The van der Waals surface area contributed by atoms with Gasteiger partial charge in [-0.2, -0.15) is 0 Å². The van der Waals surface area contributed by atoms with Gasteiger partial charge < -0.3 is 15.3 Å². The molecule has 106 valence electrons. The van der Waals surface area contributed by atoms with E-state index < -0.39 is 0 Å². The Kier molecular flexibility index (Phi) is 3.44. The van der Waals surface area contributed by atoms with Crippen LogP contribution in [0.5, 0.6) is 0 Å². The van der Waals surface area contributed by atoms with Gasteiger partial charge in [0.15, 0.2) is 0 Å². The summed E-state index contributed by atoms with van der Waals surface area (Å²) in [5, 5.41) is 12.1. The molecular weight excluding hydrogens is 256 g/mol. The van der Waals surface area contributed by atoms with E-state index in [1.165, 1.54) is 0 Å². The molecule has 0 spiro atoms. The van der Waals surface area contributed by atoms with Crippen LogP contribution in [0.3, 0.4) is 0 Å². The lowest BCUT2D eigenvalue weighted by Gasteiger charge is -2.16.